The highest BCUT2D eigenvalue weighted by Crippen LogP contribution is 2.80. The summed E-state index contributed by atoms with van der Waals surface area (Å²) in [6, 6.07) is 19.8. The number of aliphatic carboxylic acids is 1. The highest BCUT2D eigenvalue weighted by Gasteiger charge is 2.76. The van der Waals surface area contributed by atoms with Gasteiger partial charge < -0.3 is 53.2 Å². The maximum atomic E-state index is 14.8. The van der Waals surface area contributed by atoms with E-state index in [-0.39, 0.29) is 166 Å². The molecule has 2 aromatic carbocycles. The lowest BCUT2D eigenvalue weighted by molar-refractivity contribution is -0.221. The summed E-state index contributed by atoms with van der Waals surface area (Å²) in [4.78, 5) is 134. The third kappa shape index (κ3) is 16.3. The predicted molar refractivity (Wildman–Crippen MR) is 518 cm³/mol. The minimum Gasteiger partial charge on any atom is -0.481 e. The van der Waals surface area contributed by atoms with Crippen molar-refractivity contribution in [2.45, 2.75) is 362 Å². The second kappa shape index (κ2) is 36.3. The molecule has 3 N–H and O–H groups in total. The molecule has 0 heterocycles. The number of allylic oxidation sites excluding steroid dienone is 6. The van der Waals surface area contributed by atoms with E-state index >= 15 is 0 Å². The predicted octanol–water partition coefficient (Wildman–Crippen LogP) is 21.6. The SMILES string of the molecule is CC1(C)[C@@H](O)CC[C@]2(C)[C@H]3C(=O)C=C4[C@@H]5C[C@@](C)(C(=O)OCc6ccccc6)CC[C@]5(C)CC[C@@]4(C)[C@]3(C)CC[C@@H]12.CO.COC(=O)C(O[C@H]1CC[C@]2(C)[C@H]3C(=O)C=C4[C@@H]5C[C@@](C)(C(=O)O)CC[C@]5(C)CC[C@@]4(C)[C@]3(C)CC[C@H]2C1(C)C)C(=O)OC.COC(=O)C(O[C@H]1CC[C@]2(C)[C@H]3C(=O)C=C4[C@@H]5C[C@@](C)(C(=O)OCc6ccccc6)CC[C@]5(C)CC[C@@]4(C)[C@]3(C)CC[C@H]2C1(C)C)C(=O)OC. The smallest absolute Gasteiger partial charge is 0.346 e. The van der Waals surface area contributed by atoms with Gasteiger partial charge in [0.2, 0.25) is 0 Å². The summed E-state index contributed by atoms with van der Waals surface area (Å²) >= 11 is 0. The number of aliphatic hydroxyl groups excluding tert-OH is 2. The van der Waals surface area contributed by atoms with E-state index in [0.717, 1.165) is 159 Å². The summed E-state index contributed by atoms with van der Waals surface area (Å²) in [7, 11) is 5.94. The van der Waals surface area contributed by atoms with Crippen LogP contribution < -0.4 is 0 Å². The number of aliphatic hydroxyl groups is 2. The Morgan fingerprint density at radius 3 is 0.912 bits per heavy atom. The number of ketones is 3. The normalized spacial score (nSPS) is 43.2. The first-order valence-corrected chi connectivity index (χ1v) is 51.5. The zero-order valence-corrected chi connectivity index (χ0v) is 87.3. The Morgan fingerprint density at radius 2 is 0.618 bits per heavy atom. The van der Waals surface area contributed by atoms with Gasteiger partial charge in [0.05, 0.1) is 63.0 Å². The Labute approximate surface area is 811 Å². The average Bonchev–Trinajstić information content (AvgIpc) is 0.678. The molecular weight excluding hydrogens is 1720 g/mol. The van der Waals surface area contributed by atoms with Crippen molar-refractivity contribution in [3.8, 4) is 0 Å². The number of ether oxygens (including phenoxy) is 8. The molecule has 0 aromatic heterocycles. The number of carbonyl (C=O) groups excluding carboxylic acids is 9. The Balaban J connectivity index is 0.000000163. The summed E-state index contributed by atoms with van der Waals surface area (Å²) < 4.78 is 43.8. The molecule has 15 aliphatic rings. The Morgan fingerprint density at radius 1 is 0.346 bits per heavy atom. The molecule has 0 spiro atoms. The number of carboxylic acids is 1. The number of hydrogen-bond acceptors (Lipinski definition) is 20. The zero-order chi connectivity index (χ0) is 100. The first kappa shape index (κ1) is 105. The van der Waals surface area contributed by atoms with Crippen LogP contribution in [0.2, 0.25) is 0 Å². The Kier molecular flexibility index (Phi) is 28.0. The average molecular weight is 1880 g/mol. The van der Waals surface area contributed by atoms with Crippen molar-refractivity contribution in [1.82, 2.24) is 0 Å². The number of rotatable bonds is 15. The van der Waals surface area contributed by atoms with E-state index in [0.29, 0.717) is 50.4 Å². The first-order valence-electron chi connectivity index (χ1n) is 51.5. The standard InChI is InChI=1S/C42H58O8.C37H52O4.C35H52O8.CH4O/c1-37(2)30-15-18-42(7)33(40(30,5)17-16-31(37)50-32(34(44)47-8)35(45)48-9)29(43)23-27-28-24-39(4,20-19-38(28,3)21-22-41(27,42)6)36(46)49-25-26-13-11-10-12-14-26;1-32(2)28-13-16-37(7)30(35(28,5)15-14-29(32)39)27(38)21-25-26-22-34(4,18-17-33(26,3)19-20-36(25,37)6)31(40)41-23-24-11-9-8-10-12-24;1-30(2)23-10-13-35(7)26(33(23,5)12-11-24(30)43-25(27(37)41-8)28(38)42-9)22(36)18-20-21-19-32(4,29(39)40)15-14-31(21,3)16-17-34(20,35)6;1-2/h10-14,23,28,30-33H,15-22,24-25H2,1-9H3;8-12,21,26,28-30,39H,13-20,22-23H2,1-7H3;18,21,23-26H,10-17,19H2,1-9H3,(H,39,40);2H,1H3/t28-,30-,31-,33+,38+,39-,40-,41+,42+;26-,28-,29-,30+,33+,34-,35-,36+,37+;21-,23-,24-,26+,31+,32-,33-,34+,35+;/m000./s1. The van der Waals surface area contributed by atoms with Crippen molar-refractivity contribution in [3.63, 3.8) is 0 Å². The lowest BCUT2D eigenvalue weighted by Crippen LogP contribution is -2.67. The van der Waals surface area contributed by atoms with Gasteiger partial charge in [-0.15, -0.1) is 0 Å². The molecule has 136 heavy (non-hydrogen) atoms. The van der Waals surface area contributed by atoms with E-state index in [1.54, 1.807) is 0 Å². The molecule has 27 atom stereocenters. The van der Waals surface area contributed by atoms with Crippen LogP contribution in [0, 0.1) is 151 Å². The third-order valence-corrected chi connectivity index (χ3v) is 43.8. The van der Waals surface area contributed by atoms with Crippen LogP contribution in [-0.2, 0) is 99.1 Å². The van der Waals surface area contributed by atoms with Crippen LogP contribution in [0.4, 0.5) is 0 Å². The maximum absolute atomic E-state index is 14.8. The summed E-state index contributed by atoms with van der Waals surface area (Å²) in [6.07, 6.45) is 25.7. The lowest BCUT2D eigenvalue weighted by atomic mass is 9.33. The zero-order valence-electron chi connectivity index (χ0n) is 87.3. The van der Waals surface area contributed by atoms with Crippen molar-refractivity contribution < 1.29 is 101 Å². The second-order valence-corrected chi connectivity index (χ2v) is 51.4. The molecule has 17 rings (SSSR count). The van der Waals surface area contributed by atoms with Crippen LogP contribution in [0.15, 0.2) is 95.6 Å². The van der Waals surface area contributed by atoms with Crippen molar-refractivity contribution in [3.05, 3.63) is 107 Å². The molecule has 0 amide bonds. The molecule has 0 radical (unpaired) electrons. The Bertz CT molecular complexity index is 5030. The third-order valence-electron chi connectivity index (χ3n) is 43.8. The van der Waals surface area contributed by atoms with Gasteiger partial charge in [-0.2, -0.15) is 0 Å². The number of esters is 6. The highest BCUT2D eigenvalue weighted by molar-refractivity contribution is 6.00. The molecule has 0 bridgehead atoms. The van der Waals surface area contributed by atoms with Gasteiger partial charge in [-0.1, -0.05) is 202 Å². The van der Waals surface area contributed by atoms with Crippen LogP contribution in [0.3, 0.4) is 0 Å². The topological polar surface area (TPSA) is 305 Å². The number of hydrogen-bond donors (Lipinski definition) is 3. The van der Waals surface area contributed by atoms with Gasteiger partial charge in [-0.3, -0.25) is 28.8 Å². The largest absolute Gasteiger partial charge is 0.481 e. The van der Waals surface area contributed by atoms with Crippen molar-refractivity contribution in [2.75, 3.05) is 35.5 Å². The molecule has 12 saturated carbocycles. The number of carbonyl (C=O) groups is 10. The monoisotopic (exact) mass is 1880 g/mol. The van der Waals surface area contributed by atoms with Crippen molar-refractivity contribution >= 4 is 59.1 Å². The maximum Gasteiger partial charge on any atom is 0.346 e. The van der Waals surface area contributed by atoms with Crippen LogP contribution in [0.5, 0.6) is 0 Å². The van der Waals surface area contributed by atoms with Gasteiger partial charge in [0.25, 0.3) is 12.2 Å². The van der Waals surface area contributed by atoms with Crippen LogP contribution in [0.1, 0.15) is 330 Å². The van der Waals surface area contributed by atoms with E-state index in [2.05, 4.69) is 145 Å². The molecule has 0 unspecified atom stereocenters. The quantitative estimate of drug-likeness (QED) is 0.0847. The fourth-order valence-corrected chi connectivity index (χ4v) is 34.5. The van der Waals surface area contributed by atoms with Crippen LogP contribution in [0.25, 0.3) is 0 Å². The van der Waals surface area contributed by atoms with Gasteiger partial charge >= 0.3 is 41.8 Å². The number of carboxylic acid groups (broad SMARTS) is 1. The molecule has 0 aliphatic heterocycles. The fraction of sp³-hybridized carbons (Fsp3) is 0.757. The summed E-state index contributed by atoms with van der Waals surface area (Å²) in [6.45, 7) is 48.2. The van der Waals surface area contributed by atoms with Crippen molar-refractivity contribution in [1.29, 1.82) is 0 Å². The molecular formula is C115H166O21. The van der Waals surface area contributed by atoms with Crippen LogP contribution in [-0.4, -0.2) is 141 Å². The van der Waals surface area contributed by atoms with Crippen molar-refractivity contribution in [2.24, 2.45) is 151 Å². The molecule has 12 fully saturated rings. The van der Waals surface area contributed by atoms with Gasteiger partial charge in [0, 0.05) is 24.9 Å². The van der Waals surface area contributed by atoms with E-state index < -0.39 is 69.1 Å². The minimum absolute atomic E-state index is 0.0120. The fourth-order valence-electron chi connectivity index (χ4n) is 34.5. The molecule has 2 aromatic rings. The highest BCUT2D eigenvalue weighted by atomic mass is 16.6. The van der Waals surface area contributed by atoms with Gasteiger partial charge in [0.1, 0.15) is 13.2 Å². The summed E-state index contributed by atoms with van der Waals surface area (Å²) in [5, 5.41) is 28.1. The Hall–Kier alpha value is -7.20. The van der Waals surface area contributed by atoms with E-state index in [9.17, 15) is 58.2 Å². The van der Waals surface area contributed by atoms with E-state index in [4.69, 9.17) is 43.0 Å². The summed E-state index contributed by atoms with van der Waals surface area (Å²) in [5.41, 5.74) is 1.16. The van der Waals surface area contributed by atoms with E-state index in [1.807, 2.05) is 79.7 Å². The molecule has 0 saturated heterocycles. The van der Waals surface area contributed by atoms with E-state index in [1.165, 1.54) is 45.2 Å². The second-order valence-electron chi connectivity index (χ2n) is 51.4. The molecule has 15 aliphatic carbocycles. The number of methoxy groups -OCH3 is 4. The number of benzene rings is 2. The van der Waals surface area contributed by atoms with Crippen LogP contribution >= 0.6 is 0 Å². The van der Waals surface area contributed by atoms with Gasteiger partial charge in [-0.05, 0) is 340 Å². The summed E-state index contributed by atoms with van der Waals surface area (Å²) in [5.74, 6) is -2.68. The van der Waals surface area contributed by atoms with Gasteiger partial charge in [-0.25, -0.2) is 19.2 Å². The lowest BCUT2D eigenvalue weighted by Gasteiger charge is -2.70. The molecule has 752 valence electrons. The number of fused-ring (bicyclic) bond motifs is 21. The minimum atomic E-state index is -1.44. The molecule has 21 nitrogen and oxygen atoms in total. The molecule has 21 heteroatoms. The van der Waals surface area contributed by atoms with Gasteiger partial charge in [0.15, 0.2) is 17.3 Å². The first-order chi connectivity index (χ1) is 63.3.